The molecule has 0 aromatic heterocycles. The molecule has 1 aliphatic heterocycles. The average Bonchev–Trinajstić information content (AvgIpc) is 2.78. The van der Waals surface area contributed by atoms with Gasteiger partial charge in [0, 0.05) is 16.1 Å². The number of fused-ring (bicyclic) bond motifs is 1. The van der Waals surface area contributed by atoms with E-state index in [2.05, 4.69) is 22.0 Å². The number of esters is 1. The zero-order valence-electron chi connectivity index (χ0n) is 16.5. The van der Waals surface area contributed by atoms with Crippen molar-refractivity contribution in [1.29, 1.82) is 5.26 Å². The second-order valence-electron chi connectivity index (χ2n) is 6.86. The number of ether oxygens (including phenoxy) is 3. The first-order chi connectivity index (χ1) is 15.5. The molecule has 0 radical (unpaired) electrons. The predicted octanol–water partition coefficient (Wildman–Crippen LogP) is 4.79. The summed E-state index contributed by atoms with van der Waals surface area (Å²) in [4.78, 5) is 12.2. The Balaban J connectivity index is 1.55. The molecular weight excluding hydrogens is 479 g/mol. The number of halogens is 2. The molecule has 0 spiro atoms. The number of carbonyl (C=O) groups excluding carboxylic acids is 1. The molecule has 0 saturated heterocycles. The minimum Gasteiger partial charge on any atom is -0.482 e. The molecule has 0 saturated carbocycles. The van der Waals surface area contributed by atoms with E-state index < -0.39 is 17.7 Å². The molecular formula is C24H16BrFN2O4. The Hall–Kier alpha value is -3.83. The summed E-state index contributed by atoms with van der Waals surface area (Å²) in [5.74, 6) is -0.538. The SMILES string of the molecule is N#CC1=C(N)Oc2cc(OC(=O)COc3ccc(F)cc3)ccc2C1c1ccccc1Br. The number of benzene rings is 3. The predicted molar refractivity (Wildman–Crippen MR) is 117 cm³/mol. The fourth-order valence-electron chi connectivity index (χ4n) is 3.36. The zero-order valence-corrected chi connectivity index (χ0v) is 18.1. The summed E-state index contributed by atoms with van der Waals surface area (Å²) < 4.78 is 30.1. The number of allylic oxidation sites excluding steroid dienone is 1. The smallest absolute Gasteiger partial charge is 0.349 e. The van der Waals surface area contributed by atoms with Crippen LogP contribution >= 0.6 is 15.9 Å². The van der Waals surface area contributed by atoms with Gasteiger partial charge in [0.2, 0.25) is 5.88 Å². The monoisotopic (exact) mass is 494 g/mol. The van der Waals surface area contributed by atoms with Crippen LogP contribution in [0.4, 0.5) is 4.39 Å². The van der Waals surface area contributed by atoms with Crippen molar-refractivity contribution in [2.45, 2.75) is 5.92 Å². The van der Waals surface area contributed by atoms with E-state index in [1.807, 2.05) is 24.3 Å². The van der Waals surface area contributed by atoms with Gasteiger partial charge >= 0.3 is 5.97 Å². The Bertz CT molecular complexity index is 1250. The van der Waals surface area contributed by atoms with Crippen LogP contribution < -0.4 is 19.9 Å². The number of hydrogen-bond acceptors (Lipinski definition) is 6. The first-order valence-electron chi connectivity index (χ1n) is 9.51. The Morgan fingerprint density at radius 3 is 2.53 bits per heavy atom. The summed E-state index contributed by atoms with van der Waals surface area (Å²) in [6.45, 7) is -0.357. The third kappa shape index (κ3) is 4.43. The quantitative estimate of drug-likeness (QED) is 0.404. The van der Waals surface area contributed by atoms with Crippen LogP contribution in [0.3, 0.4) is 0 Å². The highest BCUT2D eigenvalue weighted by atomic mass is 79.9. The van der Waals surface area contributed by atoms with Crippen molar-refractivity contribution in [3.63, 3.8) is 0 Å². The van der Waals surface area contributed by atoms with Gasteiger partial charge in [-0.05, 0) is 42.0 Å². The lowest BCUT2D eigenvalue weighted by atomic mass is 9.83. The van der Waals surface area contributed by atoms with E-state index in [9.17, 15) is 14.4 Å². The molecule has 2 N–H and O–H groups in total. The molecule has 3 aromatic rings. The van der Waals surface area contributed by atoms with Gasteiger partial charge in [-0.15, -0.1) is 0 Å². The van der Waals surface area contributed by atoms with Gasteiger partial charge in [0.1, 0.15) is 34.7 Å². The second kappa shape index (κ2) is 9.12. The van der Waals surface area contributed by atoms with E-state index in [4.69, 9.17) is 19.9 Å². The van der Waals surface area contributed by atoms with Crippen LogP contribution in [0.1, 0.15) is 17.0 Å². The van der Waals surface area contributed by atoms with Crippen LogP contribution in [0, 0.1) is 17.1 Å². The van der Waals surface area contributed by atoms with Gasteiger partial charge in [0.25, 0.3) is 0 Å². The topological polar surface area (TPSA) is 94.6 Å². The van der Waals surface area contributed by atoms with Crippen LogP contribution in [-0.2, 0) is 4.79 Å². The van der Waals surface area contributed by atoms with E-state index in [0.717, 1.165) is 10.0 Å². The highest BCUT2D eigenvalue weighted by molar-refractivity contribution is 9.10. The van der Waals surface area contributed by atoms with Gasteiger partial charge in [-0.2, -0.15) is 5.26 Å². The molecule has 1 aliphatic rings. The fourth-order valence-corrected chi connectivity index (χ4v) is 3.88. The molecule has 1 atom stereocenters. The van der Waals surface area contributed by atoms with Crippen molar-refractivity contribution in [1.82, 2.24) is 0 Å². The standard InChI is InChI=1S/C24H16BrFN2O4/c25-20-4-2-1-3-17(20)23-18-10-9-16(11-21(18)32-24(28)19(23)12-27)31-22(29)13-30-15-7-5-14(26)6-8-15/h1-11,23H,13,28H2. The van der Waals surface area contributed by atoms with E-state index in [-0.39, 0.29) is 18.2 Å². The summed E-state index contributed by atoms with van der Waals surface area (Å²) in [7, 11) is 0. The largest absolute Gasteiger partial charge is 0.482 e. The van der Waals surface area contributed by atoms with Gasteiger partial charge in [0.05, 0.1) is 5.92 Å². The highest BCUT2D eigenvalue weighted by Crippen LogP contribution is 2.45. The number of rotatable bonds is 5. The maximum Gasteiger partial charge on any atom is 0.349 e. The van der Waals surface area contributed by atoms with Gasteiger partial charge in [-0.25, -0.2) is 9.18 Å². The van der Waals surface area contributed by atoms with Crippen LogP contribution in [0.25, 0.3) is 0 Å². The maximum atomic E-state index is 13.0. The maximum absolute atomic E-state index is 13.0. The molecule has 160 valence electrons. The summed E-state index contributed by atoms with van der Waals surface area (Å²) in [6, 6.07) is 19.8. The summed E-state index contributed by atoms with van der Waals surface area (Å²) in [5.41, 5.74) is 7.88. The Labute approximate surface area is 191 Å². The van der Waals surface area contributed by atoms with E-state index >= 15 is 0 Å². The summed E-state index contributed by atoms with van der Waals surface area (Å²) >= 11 is 3.53. The lowest BCUT2D eigenvalue weighted by molar-refractivity contribution is -0.136. The molecule has 32 heavy (non-hydrogen) atoms. The Kier molecular flexibility index (Phi) is 6.10. The lowest BCUT2D eigenvalue weighted by Crippen LogP contribution is -2.22. The van der Waals surface area contributed by atoms with Crippen LogP contribution in [0.15, 0.2) is 82.7 Å². The third-order valence-electron chi connectivity index (χ3n) is 4.81. The molecule has 3 aromatic carbocycles. The van der Waals surface area contributed by atoms with Crippen molar-refractivity contribution < 1.29 is 23.4 Å². The molecule has 4 rings (SSSR count). The van der Waals surface area contributed by atoms with Gasteiger partial charge in [0.15, 0.2) is 6.61 Å². The van der Waals surface area contributed by atoms with Crippen LogP contribution in [0.2, 0.25) is 0 Å². The van der Waals surface area contributed by atoms with Crippen molar-refractivity contribution >= 4 is 21.9 Å². The minimum atomic E-state index is -0.645. The molecule has 8 heteroatoms. The van der Waals surface area contributed by atoms with Crippen molar-refractivity contribution in [2.75, 3.05) is 6.61 Å². The molecule has 0 aliphatic carbocycles. The van der Waals surface area contributed by atoms with Gasteiger partial charge in [-0.3, -0.25) is 0 Å². The van der Waals surface area contributed by atoms with E-state index in [0.29, 0.717) is 22.6 Å². The molecule has 0 fully saturated rings. The Morgan fingerprint density at radius 1 is 1.09 bits per heavy atom. The second-order valence-corrected chi connectivity index (χ2v) is 7.72. The lowest BCUT2D eigenvalue weighted by Gasteiger charge is -2.27. The third-order valence-corrected chi connectivity index (χ3v) is 5.53. The van der Waals surface area contributed by atoms with E-state index in [1.165, 1.54) is 30.3 Å². The number of nitrogens with zero attached hydrogens (tertiary/aromatic N) is 1. The van der Waals surface area contributed by atoms with Crippen LogP contribution in [0.5, 0.6) is 17.2 Å². The molecule has 0 bridgehead atoms. The van der Waals surface area contributed by atoms with Crippen molar-refractivity contribution in [3.8, 4) is 23.3 Å². The number of carbonyl (C=O) groups is 1. The van der Waals surface area contributed by atoms with Gasteiger partial charge in [-0.1, -0.05) is 40.2 Å². The number of nitriles is 1. The van der Waals surface area contributed by atoms with Crippen LogP contribution in [-0.4, -0.2) is 12.6 Å². The molecule has 0 amide bonds. The first-order valence-corrected chi connectivity index (χ1v) is 10.3. The van der Waals surface area contributed by atoms with Gasteiger partial charge < -0.3 is 19.9 Å². The first kappa shape index (κ1) is 21.4. The number of hydrogen-bond donors (Lipinski definition) is 1. The molecule has 1 unspecified atom stereocenters. The fraction of sp³-hybridized carbons (Fsp3) is 0.0833. The molecule has 6 nitrogen and oxygen atoms in total. The zero-order chi connectivity index (χ0) is 22.7. The minimum absolute atomic E-state index is 0.0103. The van der Waals surface area contributed by atoms with Crippen molar-refractivity contribution in [2.24, 2.45) is 5.73 Å². The molecule has 1 heterocycles. The summed E-state index contributed by atoms with van der Waals surface area (Å²) in [5, 5.41) is 9.66. The Morgan fingerprint density at radius 2 is 1.81 bits per heavy atom. The number of nitrogens with two attached hydrogens (primary N) is 1. The van der Waals surface area contributed by atoms with Crippen molar-refractivity contribution in [3.05, 3.63) is 99.6 Å². The summed E-state index contributed by atoms with van der Waals surface area (Å²) in [6.07, 6.45) is 0. The van der Waals surface area contributed by atoms with E-state index in [1.54, 1.807) is 12.1 Å². The highest BCUT2D eigenvalue weighted by Gasteiger charge is 2.32. The normalized spacial score (nSPS) is 14.7. The average molecular weight is 495 g/mol.